The summed E-state index contributed by atoms with van der Waals surface area (Å²) in [6, 6.07) is 7.67. The van der Waals surface area contributed by atoms with Crippen LogP contribution in [0.4, 0.5) is 0 Å². The summed E-state index contributed by atoms with van der Waals surface area (Å²) in [6.45, 7) is 5.29. The molecule has 118 valence electrons. The maximum atomic E-state index is 10.5. The van der Waals surface area contributed by atoms with Gasteiger partial charge >= 0.3 is 0 Å². The average Bonchev–Trinajstić information content (AvgIpc) is 2.54. The number of ether oxygens (including phenoxy) is 3. The third kappa shape index (κ3) is 4.42. The Labute approximate surface area is 134 Å². The molecule has 1 aromatic rings. The standard InChI is InChI=1S/C16H23BrO4/c1-3-16(18,4-2)15-11-19-9-14(21-15)10-20-13-7-5-12(17)6-8-13/h5-8,14-15,18H,3-4,9-11H2,1-2H3. The fourth-order valence-corrected chi connectivity index (χ4v) is 2.68. The lowest BCUT2D eigenvalue weighted by molar-refractivity contribution is -0.213. The summed E-state index contributed by atoms with van der Waals surface area (Å²) in [6.07, 6.45) is 0.854. The molecule has 5 heteroatoms. The molecule has 1 aromatic carbocycles. The molecular weight excluding hydrogens is 336 g/mol. The Balaban J connectivity index is 1.88. The van der Waals surface area contributed by atoms with Gasteiger partial charge in [-0.2, -0.15) is 0 Å². The number of aliphatic hydroxyl groups is 1. The van der Waals surface area contributed by atoms with Gasteiger partial charge in [0.05, 0.1) is 18.8 Å². The van der Waals surface area contributed by atoms with Gasteiger partial charge in [-0.25, -0.2) is 0 Å². The van der Waals surface area contributed by atoms with Gasteiger partial charge in [0, 0.05) is 4.47 Å². The molecule has 1 aliphatic heterocycles. The second-order valence-corrected chi connectivity index (χ2v) is 6.28. The molecule has 0 bridgehead atoms. The molecule has 1 fully saturated rings. The van der Waals surface area contributed by atoms with Crippen molar-refractivity contribution in [3.05, 3.63) is 28.7 Å². The number of halogens is 1. The average molecular weight is 359 g/mol. The molecule has 0 amide bonds. The van der Waals surface area contributed by atoms with Crippen LogP contribution in [0.3, 0.4) is 0 Å². The quantitative estimate of drug-likeness (QED) is 0.848. The van der Waals surface area contributed by atoms with Gasteiger partial charge in [-0.15, -0.1) is 0 Å². The van der Waals surface area contributed by atoms with E-state index in [9.17, 15) is 5.11 Å². The maximum Gasteiger partial charge on any atom is 0.119 e. The lowest BCUT2D eigenvalue weighted by atomic mass is 9.90. The van der Waals surface area contributed by atoms with Crippen LogP contribution >= 0.6 is 15.9 Å². The molecule has 2 rings (SSSR count). The molecule has 1 saturated heterocycles. The summed E-state index contributed by atoms with van der Waals surface area (Å²) >= 11 is 3.39. The fourth-order valence-electron chi connectivity index (χ4n) is 2.41. The molecule has 0 aliphatic carbocycles. The fraction of sp³-hybridized carbons (Fsp3) is 0.625. The first kappa shape index (κ1) is 16.7. The van der Waals surface area contributed by atoms with E-state index in [4.69, 9.17) is 14.2 Å². The summed E-state index contributed by atoms with van der Waals surface area (Å²) in [7, 11) is 0. The Bertz CT molecular complexity index is 430. The first-order valence-corrected chi connectivity index (χ1v) is 8.20. The van der Waals surface area contributed by atoms with E-state index in [2.05, 4.69) is 15.9 Å². The highest BCUT2D eigenvalue weighted by Crippen LogP contribution is 2.26. The van der Waals surface area contributed by atoms with Crippen molar-refractivity contribution >= 4 is 15.9 Å². The Hall–Kier alpha value is -0.620. The van der Waals surface area contributed by atoms with Gasteiger partial charge in [0.15, 0.2) is 0 Å². The zero-order chi connectivity index (χ0) is 15.3. The van der Waals surface area contributed by atoms with Crippen LogP contribution in [0.5, 0.6) is 5.75 Å². The van der Waals surface area contributed by atoms with E-state index in [-0.39, 0.29) is 12.2 Å². The van der Waals surface area contributed by atoms with Crippen LogP contribution in [0.1, 0.15) is 26.7 Å². The second-order valence-electron chi connectivity index (χ2n) is 5.36. The van der Waals surface area contributed by atoms with E-state index in [0.29, 0.717) is 32.7 Å². The normalized spacial score (nSPS) is 23.0. The Morgan fingerprint density at radius 1 is 1.24 bits per heavy atom. The predicted octanol–water partition coefficient (Wildman–Crippen LogP) is 3.16. The largest absolute Gasteiger partial charge is 0.491 e. The Morgan fingerprint density at radius 2 is 1.90 bits per heavy atom. The lowest BCUT2D eigenvalue weighted by Gasteiger charge is -2.39. The van der Waals surface area contributed by atoms with E-state index in [1.165, 1.54) is 0 Å². The zero-order valence-corrected chi connectivity index (χ0v) is 14.1. The van der Waals surface area contributed by atoms with Crippen LogP contribution in [0.2, 0.25) is 0 Å². The van der Waals surface area contributed by atoms with Crippen LogP contribution in [0, 0.1) is 0 Å². The molecule has 0 aromatic heterocycles. The van der Waals surface area contributed by atoms with Crippen LogP contribution in [0.25, 0.3) is 0 Å². The third-order valence-electron chi connectivity index (χ3n) is 4.00. The van der Waals surface area contributed by atoms with Gasteiger partial charge in [0.1, 0.15) is 24.6 Å². The van der Waals surface area contributed by atoms with Gasteiger partial charge in [-0.1, -0.05) is 29.8 Å². The monoisotopic (exact) mass is 358 g/mol. The molecule has 2 atom stereocenters. The van der Waals surface area contributed by atoms with Crippen molar-refractivity contribution in [2.24, 2.45) is 0 Å². The first-order valence-electron chi connectivity index (χ1n) is 7.41. The smallest absolute Gasteiger partial charge is 0.119 e. The Morgan fingerprint density at radius 3 is 2.52 bits per heavy atom. The van der Waals surface area contributed by atoms with Crippen LogP contribution < -0.4 is 4.74 Å². The van der Waals surface area contributed by atoms with Gasteiger partial charge < -0.3 is 19.3 Å². The molecule has 4 nitrogen and oxygen atoms in total. The highest BCUT2D eigenvalue weighted by molar-refractivity contribution is 9.10. The maximum absolute atomic E-state index is 10.5. The van der Waals surface area contributed by atoms with E-state index >= 15 is 0 Å². The van der Waals surface area contributed by atoms with Crippen molar-refractivity contribution in [2.45, 2.75) is 44.5 Å². The number of hydrogen-bond donors (Lipinski definition) is 1. The van der Waals surface area contributed by atoms with Crippen molar-refractivity contribution in [3.8, 4) is 5.75 Å². The predicted molar refractivity (Wildman–Crippen MR) is 84.6 cm³/mol. The first-order chi connectivity index (χ1) is 10.1. The Kier molecular flexibility index (Phi) is 6.05. The second kappa shape index (κ2) is 7.58. The molecule has 0 radical (unpaired) electrons. The molecule has 1 N–H and O–H groups in total. The van der Waals surface area contributed by atoms with Gasteiger partial charge in [0.25, 0.3) is 0 Å². The number of benzene rings is 1. The molecule has 21 heavy (non-hydrogen) atoms. The summed E-state index contributed by atoms with van der Waals surface area (Å²) < 4.78 is 18.3. The van der Waals surface area contributed by atoms with Crippen molar-refractivity contribution < 1.29 is 19.3 Å². The van der Waals surface area contributed by atoms with E-state index in [0.717, 1.165) is 10.2 Å². The summed E-state index contributed by atoms with van der Waals surface area (Å²) in [5.74, 6) is 0.796. The van der Waals surface area contributed by atoms with Crippen molar-refractivity contribution in [1.82, 2.24) is 0 Å². The number of rotatable bonds is 6. The minimum absolute atomic E-state index is 0.156. The molecule has 1 aliphatic rings. The summed E-state index contributed by atoms with van der Waals surface area (Å²) in [5.41, 5.74) is -0.823. The van der Waals surface area contributed by atoms with Crippen LogP contribution in [0.15, 0.2) is 28.7 Å². The van der Waals surface area contributed by atoms with Crippen LogP contribution in [-0.4, -0.2) is 42.7 Å². The molecular formula is C16H23BrO4. The minimum Gasteiger partial charge on any atom is -0.491 e. The van der Waals surface area contributed by atoms with Crippen LogP contribution in [-0.2, 0) is 9.47 Å². The molecule has 0 saturated carbocycles. The van der Waals surface area contributed by atoms with Gasteiger partial charge in [0.2, 0.25) is 0 Å². The van der Waals surface area contributed by atoms with E-state index < -0.39 is 5.60 Å². The zero-order valence-electron chi connectivity index (χ0n) is 12.5. The highest BCUT2D eigenvalue weighted by atomic mass is 79.9. The molecule has 1 heterocycles. The minimum atomic E-state index is -0.823. The third-order valence-corrected chi connectivity index (χ3v) is 4.53. The highest BCUT2D eigenvalue weighted by Gasteiger charge is 2.38. The van der Waals surface area contributed by atoms with E-state index in [1.54, 1.807) is 0 Å². The molecule has 2 unspecified atom stereocenters. The lowest BCUT2D eigenvalue weighted by Crippen LogP contribution is -2.52. The summed E-state index contributed by atoms with van der Waals surface area (Å²) in [4.78, 5) is 0. The van der Waals surface area contributed by atoms with Crippen molar-refractivity contribution in [2.75, 3.05) is 19.8 Å². The molecule has 0 spiro atoms. The van der Waals surface area contributed by atoms with Crippen molar-refractivity contribution in [1.29, 1.82) is 0 Å². The number of hydrogen-bond acceptors (Lipinski definition) is 4. The van der Waals surface area contributed by atoms with Gasteiger partial charge in [-0.05, 0) is 37.1 Å². The SMILES string of the molecule is CCC(O)(CC)C1COCC(COc2ccc(Br)cc2)O1. The summed E-state index contributed by atoms with van der Waals surface area (Å²) in [5, 5.41) is 10.5. The topological polar surface area (TPSA) is 47.9 Å². The van der Waals surface area contributed by atoms with Crippen molar-refractivity contribution in [3.63, 3.8) is 0 Å². The van der Waals surface area contributed by atoms with Gasteiger partial charge in [-0.3, -0.25) is 0 Å². The van der Waals surface area contributed by atoms with E-state index in [1.807, 2.05) is 38.1 Å².